The van der Waals surface area contributed by atoms with Crippen LogP contribution in [0.4, 0.5) is 11.4 Å². The first kappa shape index (κ1) is 10.7. The third-order valence-electron chi connectivity index (χ3n) is 5.20. The topological polar surface area (TPSA) is 18.5 Å². The second-order valence-corrected chi connectivity index (χ2v) is 6.19. The Balaban J connectivity index is 1.95. The highest BCUT2D eigenvalue weighted by molar-refractivity contribution is 5.81. The van der Waals surface area contributed by atoms with Crippen LogP contribution >= 0.6 is 0 Å². The fraction of sp³-hybridized carbons (Fsp3) is 0.600. The van der Waals surface area contributed by atoms with Crippen LogP contribution in [0.5, 0.6) is 0 Å². The molecule has 0 aromatic heterocycles. The molecule has 1 aromatic carbocycles. The highest BCUT2D eigenvalue weighted by Gasteiger charge is 2.50. The third kappa shape index (κ3) is 1.13. The number of anilines is 2. The number of piperidine rings is 1. The summed E-state index contributed by atoms with van der Waals surface area (Å²) in [6.45, 7) is 7.05. The lowest BCUT2D eigenvalue weighted by atomic mass is 9.75. The lowest BCUT2D eigenvalue weighted by Gasteiger charge is -2.43. The summed E-state index contributed by atoms with van der Waals surface area (Å²) >= 11 is 0. The van der Waals surface area contributed by atoms with Crippen LogP contribution in [0.2, 0.25) is 0 Å². The van der Waals surface area contributed by atoms with Gasteiger partial charge in [-0.25, -0.2) is 0 Å². The number of nitrogens with zero attached hydrogens (tertiary/aromatic N) is 2. The molecule has 0 spiro atoms. The Labute approximate surface area is 109 Å². The maximum Gasteiger partial charge on any atom is 0.0646 e. The molecule has 4 rings (SSSR count). The standard InChI is InChI=1S/C15H21N3/c1-15-10-16-7-6-13(15)18-9-8-17(2)12-5-3-4-11(15)14(12)18/h3-5,13,16H,6-10H2,1-2H3/t13-,15-/m0/s1. The molecule has 3 heterocycles. The van der Waals surface area contributed by atoms with E-state index in [0.29, 0.717) is 11.5 Å². The predicted molar refractivity (Wildman–Crippen MR) is 75.7 cm³/mol. The number of hydrogen-bond acceptors (Lipinski definition) is 3. The molecule has 0 unspecified atom stereocenters. The highest BCUT2D eigenvalue weighted by Crippen LogP contribution is 2.52. The summed E-state index contributed by atoms with van der Waals surface area (Å²) in [5.41, 5.74) is 4.80. The van der Waals surface area contributed by atoms with E-state index in [9.17, 15) is 0 Å². The van der Waals surface area contributed by atoms with Gasteiger partial charge in [-0.15, -0.1) is 0 Å². The molecule has 96 valence electrons. The molecule has 2 atom stereocenters. The molecule has 3 aliphatic rings. The van der Waals surface area contributed by atoms with E-state index in [-0.39, 0.29) is 0 Å². The summed E-state index contributed by atoms with van der Waals surface area (Å²) in [6.07, 6.45) is 1.27. The van der Waals surface area contributed by atoms with Crippen LogP contribution in [0.25, 0.3) is 0 Å². The number of nitrogens with one attached hydrogen (secondary N) is 1. The highest BCUT2D eigenvalue weighted by atomic mass is 15.3. The second-order valence-electron chi connectivity index (χ2n) is 6.19. The second kappa shape index (κ2) is 3.41. The van der Waals surface area contributed by atoms with Crippen molar-refractivity contribution in [1.29, 1.82) is 0 Å². The SMILES string of the molecule is CN1CCN2c3c1cccc3[C@]1(C)CNCC[C@H]21. The van der Waals surface area contributed by atoms with Gasteiger partial charge in [-0.3, -0.25) is 0 Å². The van der Waals surface area contributed by atoms with Crippen molar-refractivity contribution in [2.24, 2.45) is 0 Å². The Morgan fingerprint density at radius 1 is 1.33 bits per heavy atom. The molecule has 18 heavy (non-hydrogen) atoms. The van der Waals surface area contributed by atoms with Gasteiger partial charge in [0.15, 0.2) is 0 Å². The first-order valence-corrected chi connectivity index (χ1v) is 7.04. The van der Waals surface area contributed by atoms with Crippen molar-refractivity contribution in [3.05, 3.63) is 23.8 Å². The minimum atomic E-state index is 0.300. The van der Waals surface area contributed by atoms with Gasteiger partial charge in [0.2, 0.25) is 0 Å². The number of rotatable bonds is 0. The van der Waals surface area contributed by atoms with Gasteiger partial charge >= 0.3 is 0 Å². The van der Waals surface area contributed by atoms with Gasteiger partial charge < -0.3 is 15.1 Å². The molecule has 1 aromatic rings. The Morgan fingerprint density at radius 3 is 3.11 bits per heavy atom. The van der Waals surface area contributed by atoms with E-state index in [4.69, 9.17) is 0 Å². The normalized spacial score (nSPS) is 33.3. The van der Waals surface area contributed by atoms with Gasteiger partial charge in [0, 0.05) is 38.1 Å². The van der Waals surface area contributed by atoms with E-state index in [1.807, 2.05) is 0 Å². The van der Waals surface area contributed by atoms with Crippen LogP contribution in [-0.2, 0) is 5.41 Å². The van der Waals surface area contributed by atoms with Crippen molar-refractivity contribution in [3.63, 3.8) is 0 Å². The summed E-state index contributed by atoms with van der Waals surface area (Å²) < 4.78 is 0. The van der Waals surface area contributed by atoms with Gasteiger partial charge in [-0.2, -0.15) is 0 Å². The Bertz CT molecular complexity index is 499. The average molecular weight is 243 g/mol. The van der Waals surface area contributed by atoms with Crippen LogP contribution in [0.3, 0.4) is 0 Å². The van der Waals surface area contributed by atoms with Crippen molar-refractivity contribution >= 4 is 11.4 Å². The number of hydrogen-bond donors (Lipinski definition) is 1. The summed E-state index contributed by atoms with van der Waals surface area (Å²) in [5, 5.41) is 3.59. The molecule has 3 aliphatic heterocycles. The fourth-order valence-electron chi connectivity index (χ4n) is 4.20. The Hall–Kier alpha value is -1.22. The molecular formula is C15H21N3. The molecule has 3 heteroatoms. The summed E-state index contributed by atoms with van der Waals surface area (Å²) in [7, 11) is 2.22. The zero-order valence-corrected chi connectivity index (χ0v) is 11.2. The van der Waals surface area contributed by atoms with Crippen LogP contribution in [0.15, 0.2) is 18.2 Å². The number of fused-ring (bicyclic) bond motifs is 3. The zero-order valence-electron chi connectivity index (χ0n) is 11.2. The zero-order chi connectivity index (χ0) is 12.3. The molecule has 0 amide bonds. The van der Waals surface area contributed by atoms with E-state index in [0.717, 1.165) is 19.6 Å². The van der Waals surface area contributed by atoms with E-state index in [1.54, 1.807) is 5.56 Å². The fourth-order valence-corrected chi connectivity index (χ4v) is 4.20. The van der Waals surface area contributed by atoms with Crippen molar-refractivity contribution in [2.45, 2.75) is 24.8 Å². The molecule has 0 saturated carbocycles. The van der Waals surface area contributed by atoms with Crippen LogP contribution in [-0.4, -0.2) is 39.3 Å². The molecule has 1 N–H and O–H groups in total. The molecule has 3 nitrogen and oxygen atoms in total. The number of likely N-dealkylation sites (N-methyl/N-ethyl adjacent to an activating group) is 1. The first-order valence-electron chi connectivity index (χ1n) is 7.04. The monoisotopic (exact) mass is 243 g/mol. The number of para-hydroxylation sites is 1. The van der Waals surface area contributed by atoms with Crippen LogP contribution in [0, 0.1) is 0 Å². The predicted octanol–water partition coefficient (Wildman–Crippen LogP) is 1.58. The molecule has 0 aliphatic carbocycles. The van der Waals surface area contributed by atoms with Gasteiger partial charge in [0.25, 0.3) is 0 Å². The van der Waals surface area contributed by atoms with Gasteiger partial charge in [0.1, 0.15) is 0 Å². The molecule has 1 saturated heterocycles. The molecule has 0 bridgehead atoms. The quantitative estimate of drug-likeness (QED) is 0.746. The average Bonchev–Trinajstić information content (AvgIpc) is 2.65. The van der Waals surface area contributed by atoms with Crippen molar-refractivity contribution < 1.29 is 0 Å². The third-order valence-corrected chi connectivity index (χ3v) is 5.20. The lowest BCUT2D eigenvalue weighted by molar-refractivity contribution is 0.298. The minimum Gasteiger partial charge on any atom is -0.371 e. The number of benzene rings is 1. The van der Waals surface area contributed by atoms with E-state index in [1.165, 1.54) is 24.3 Å². The van der Waals surface area contributed by atoms with Gasteiger partial charge in [0.05, 0.1) is 11.4 Å². The van der Waals surface area contributed by atoms with Crippen molar-refractivity contribution in [2.75, 3.05) is 43.0 Å². The largest absolute Gasteiger partial charge is 0.371 e. The summed E-state index contributed by atoms with van der Waals surface area (Å²) in [4.78, 5) is 5.09. The van der Waals surface area contributed by atoms with Crippen LogP contribution < -0.4 is 15.1 Å². The molecule has 1 fully saturated rings. The van der Waals surface area contributed by atoms with Gasteiger partial charge in [-0.05, 0) is 24.6 Å². The van der Waals surface area contributed by atoms with E-state index in [2.05, 4.69) is 47.3 Å². The minimum absolute atomic E-state index is 0.300. The van der Waals surface area contributed by atoms with Gasteiger partial charge in [-0.1, -0.05) is 19.1 Å². The molecular weight excluding hydrogens is 222 g/mol. The van der Waals surface area contributed by atoms with Crippen molar-refractivity contribution in [1.82, 2.24) is 5.32 Å². The molecule has 0 radical (unpaired) electrons. The smallest absolute Gasteiger partial charge is 0.0646 e. The Morgan fingerprint density at radius 2 is 2.22 bits per heavy atom. The summed E-state index contributed by atoms with van der Waals surface area (Å²) in [6, 6.07) is 7.55. The van der Waals surface area contributed by atoms with E-state index >= 15 is 0 Å². The maximum absolute atomic E-state index is 3.59. The van der Waals surface area contributed by atoms with Crippen LogP contribution in [0.1, 0.15) is 18.9 Å². The first-order chi connectivity index (χ1) is 8.72. The van der Waals surface area contributed by atoms with E-state index < -0.39 is 0 Å². The Kier molecular flexibility index (Phi) is 2.03. The van der Waals surface area contributed by atoms with Crippen molar-refractivity contribution in [3.8, 4) is 0 Å². The lowest BCUT2D eigenvalue weighted by Crippen LogP contribution is -2.55. The summed E-state index contributed by atoms with van der Waals surface area (Å²) in [5.74, 6) is 0. The maximum atomic E-state index is 3.59.